The van der Waals surface area contributed by atoms with E-state index in [0.717, 1.165) is 0 Å². The van der Waals surface area contributed by atoms with Crippen LogP contribution < -0.4 is 4.18 Å². The Morgan fingerprint density at radius 1 is 1.30 bits per heavy atom. The number of carbonyl (C=O) groups is 1. The lowest BCUT2D eigenvalue weighted by molar-refractivity contribution is -0.167. The SMILES string of the molecule is CCOC(=O)[C@@H](OC(C)(C)C)c1c(C)cc2nc(Cl)sc2c1OS(=O)(=O)C(F)(F)F. The largest absolute Gasteiger partial charge is 0.534 e. The van der Waals surface area contributed by atoms with E-state index in [1.807, 2.05) is 0 Å². The molecule has 168 valence electrons. The normalized spacial score (nSPS) is 14.0. The van der Waals surface area contributed by atoms with Crippen LogP contribution in [-0.2, 0) is 24.4 Å². The number of aryl methyl sites for hydroxylation is 1. The van der Waals surface area contributed by atoms with E-state index in [2.05, 4.69) is 9.17 Å². The van der Waals surface area contributed by atoms with Gasteiger partial charge >= 0.3 is 21.6 Å². The lowest BCUT2D eigenvalue weighted by Gasteiger charge is -2.28. The number of nitrogens with zero attached hydrogens (tertiary/aromatic N) is 1. The molecule has 1 aromatic heterocycles. The molecule has 0 unspecified atom stereocenters. The number of ether oxygens (including phenoxy) is 2. The Balaban J connectivity index is 2.84. The Kier molecular flexibility index (Phi) is 6.97. The van der Waals surface area contributed by atoms with Gasteiger partial charge in [-0.2, -0.15) is 21.6 Å². The fourth-order valence-corrected chi connectivity index (χ4v) is 4.14. The van der Waals surface area contributed by atoms with Gasteiger partial charge in [0.2, 0.25) is 0 Å². The van der Waals surface area contributed by atoms with Gasteiger partial charge in [-0.15, -0.1) is 0 Å². The molecule has 0 bridgehead atoms. The molecule has 30 heavy (non-hydrogen) atoms. The van der Waals surface area contributed by atoms with Crippen LogP contribution in [0, 0.1) is 6.92 Å². The van der Waals surface area contributed by atoms with Crippen molar-refractivity contribution in [1.29, 1.82) is 0 Å². The number of hydrogen-bond acceptors (Lipinski definition) is 8. The Labute approximate surface area is 180 Å². The van der Waals surface area contributed by atoms with Crippen LogP contribution in [0.25, 0.3) is 10.2 Å². The van der Waals surface area contributed by atoms with Gasteiger partial charge in [0.1, 0.15) is 0 Å². The lowest BCUT2D eigenvalue weighted by Crippen LogP contribution is -2.31. The molecule has 0 aliphatic heterocycles. The molecule has 0 aliphatic rings. The third-order valence-corrected chi connectivity index (χ3v) is 5.69. The molecule has 0 saturated heterocycles. The second-order valence-electron chi connectivity index (χ2n) is 7.10. The van der Waals surface area contributed by atoms with Crippen molar-refractivity contribution < 1.29 is 40.0 Å². The van der Waals surface area contributed by atoms with Crippen LogP contribution in [-0.4, -0.2) is 37.1 Å². The number of alkyl halides is 3. The highest BCUT2D eigenvalue weighted by Crippen LogP contribution is 2.44. The second-order valence-corrected chi connectivity index (χ2v) is 10.2. The number of carbonyl (C=O) groups excluding carboxylic acids is 1. The van der Waals surface area contributed by atoms with Crippen molar-refractivity contribution in [2.24, 2.45) is 0 Å². The molecule has 0 saturated carbocycles. The van der Waals surface area contributed by atoms with Crippen LogP contribution >= 0.6 is 22.9 Å². The van der Waals surface area contributed by atoms with E-state index in [1.54, 1.807) is 20.8 Å². The minimum Gasteiger partial charge on any atom is -0.464 e. The van der Waals surface area contributed by atoms with Crippen LogP contribution in [0.1, 0.15) is 44.9 Å². The zero-order valence-electron chi connectivity index (χ0n) is 16.6. The van der Waals surface area contributed by atoms with Gasteiger partial charge in [0.05, 0.1) is 22.4 Å². The smallest absolute Gasteiger partial charge is 0.464 e. The van der Waals surface area contributed by atoms with Crippen LogP contribution in [0.4, 0.5) is 13.2 Å². The summed E-state index contributed by atoms with van der Waals surface area (Å²) in [4.78, 5) is 16.6. The first kappa shape index (κ1) is 24.6. The summed E-state index contributed by atoms with van der Waals surface area (Å²) in [6.45, 7) is 7.80. The van der Waals surface area contributed by atoms with Gasteiger partial charge in [-0.1, -0.05) is 22.9 Å². The highest BCUT2D eigenvalue weighted by molar-refractivity contribution is 7.88. The molecule has 1 atom stereocenters. The van der Waals surface area contributed by atoms with Crippen molar-refractivity contribution in [1.82, 2.24) is 4.98 Å². The summed E-state index contributed by atoms with van der Waals surface area (Å²) in [5.41, 5.74) is -6.54. The monoisotopic (exact) mass is 489 g/mol. The summed E-state index contributed by atoms with van der Waals surface area (Å²) in [7, 11) is -6.06. The molecule has 0 spiro atoms. The van der Waals surface area contributed by atoms with E-state index in [4.69, 9.17) is 21.1 Å². The molecule has 0 radical (unpaired) electrons. The number of halogens is 4. The number of thiazole rings is 1. The molecular formula is C17H19ClF3NO6S2. The predicted molar refractivity (Wildman–Crippen MR) is 105 cm³/mol. The average Bonchev–Trinajstić information content (AvgIpc) is 2.91. The second kappa shape index (κ2) is 8.48. The van der Waals surface area contributed by atoms with Gasteiger partial charge in [-0.25, -0.2) is 9.78 Å². The first-order valence-electron chi connectivity index (χ1n) is 8.52. The van der Waals surface area contributed by atoms with Gasteiger partial charge in [0.15, 0.2) is 16.3 Å². The van der Waals surface area contributed by atoms with Crippen molar-refractivity contribution in [2.75, 3.05) is 6.61 Å². The Morgan fingerprint density at radius 2 is 1.90 bits per heavy atom. The Morgan fingerprint density at radius 3 is 2.40 bits per heavy atom. The summed E-state index contributed by atoms with van der Waals surface area (Å²) < 4.78 is 77.8. The number of rotatable bonds is 6. The van der Waals surface area contributed by atoms with E-state index in [0.29, 0.717) is 11.3 Å². The minimum absolute atomic E-state index is 0.0342. The van der Waals surface area contributed by atoms with Crippen LogP contribution in [0.3, 0.4) is 0 Å². The van der Waals surface area contributed by atoms with Gasteiger partial charge in [0, 0.05) is 5.56 Å². The van der Waals surface area contributed by atoms with Gasteiger partial charge in [-0.3, -0.25) is 0 Å². The molecule has 2 aromatic rings. The van der Waals surface area contributed by atoms with E-state index >= 15 is 0 Å². The molecule has 2 rings (SSSR count). The molecular weight excluding hydrogens is 471 g/mol. The van der Waals surface area contributed by atoms with Gasteiger partial charge in [-0.05, 0) is 46.2 Å². The number of fused-ring (bicyclic) bond motifs is 1. The maximum atomic E-state index is 13.0. The zero-order valence-corrected chi connectivity index (χ0v) is 19.0. The van der Waals surface area contributed by atoms with E-state index in [9.17, 15) is 26.4 Å². The molecule has 7 nitrogen and oxygen atoms in total. The molecule has 0 aliphatic carbocycles. The Hall–Kier alpha value is -1.63. The number of hydrogen-bond donors (Lipinski definition) is 0. The van der Waals surface area contributed by atoms with Gasteiger partial charge < -0.3 is 13.7 Å². The van der Waals surface area contributed by atoms with Crippen molar-refractivity contribution in [3.8, 4) is 5.75 Å². The summed E-state index contributed by atoms with van der Waals surface area (Å²) in [5.74, 6) is -1.64. The zero-order chi connectivity index (χ0) is 23.1. The molecule has 0 fully saturated rings. The fourth-order valence-electron chi connectivity index (χ4n) is 2.51. The number of esters is 1. The predicted octanol–water partition coefficient (Wildman–Crippen LogP) is 4.91. The van der Waals surface area contributed by atoms with Crippen molar-refractivity contribution in [3.05, 3.63) is 21.7 Å². The topological polar surface area (TPSA) is 91.8 Å². The number of benzene rings is 1. The van der Waals surface area contributed by atoms with Crippen molar-refractivity contribution in [2.45, 2.75) is 51.8 Å². The van der Waals surface area contributed by atoms with E-state index < -0.39 is 39.1 Å². The van der Waals surface area contributed by atoms with Crippen molar-refractivity contribution in [3.63, 3.8) is 0 Å². The fraction of sp³-hybridized carbons (Fsp3) is 0.529. The van der Waals surface area contributed by atoms with Gasteiger partial charge in [0.25, 0.3) is 0 Å². The first-order valence-corrected chi connectivity index (χ1v) is 11.1. The molecule has 0 amide bonds. The van der Waals surface area contributed by atoms with Crippen LogP contribution in [0.5, 0.6) is 5.75 Å². The number of aromatic nitrogens is 1. The van der Waals surface area contributed by atoms with E-state index in [-0.39, 0.29) is 32.4 Å². The van der Waals surface area contributed by atoms with Crippen LogP contribution in [0.15, 0.2) is 6.07 Å². The molecule has 1 aromatic carbocycles. The summed E-state index contributed by atoms with van der Waals surface area (Å²) in [6.07, 6.45) is -1.56. The molecule has 13 heteroatoms. The highest BCUT2D eigenvalue weighted by atomic mass is 35.5. The van der Waals surface area contributed by atoms with E-state index in [1.165, 1.54) is 19.9 Å². The first-order chi connectivity index (χ1) is 13.6. The maximum absolute atomic E-state index is 13.0. The van der Waals surface area contributed by atoms with Crippen molar-refractivity contribution >= 4 is 49.2 Å². The Bertz CT molecular complexity index is 1060. The summed E-state index contributed by atoms with van der Waals surface area (Å²) >= 11 is 6.58. The highest BCUT2D eigenvalue weighted by Gasteiger charge is 2.49. The summed E-state index contributed by atoms with van der Waals surface area (Å²) in [6, 6.07) is 1.44. The molecule has 0 N–H and O–H groups in total. The third kappa shape index (κ3) is 5.34. The average molecular weight is 490 g/mol. The summed E-state index contributed by atoms with van der Waals surface area (Å²) in [5, 5.41) is 0. The minimum atomic E-state index is -6.06. The molecule has 1 heterocycles. The third-order valence-electron chi connectivity index (χ3n) is 3.57. The quantitative estimate of drug-likeness (QED) is 0.323. The van der Waals surface area contributed by atoms with Crippen LogP contribution in [0.2, 0.25) is 4.47 Å². The standard InChI is InChI=1S/C17H19ClF3NO6S2/c1-6-26-14(23)12(27-16(3,4)5)10-8(2)7-9-13(29-15(18)22-9)11(10)28-30(24,25)17(19,20)21/h7,12H,6H2,1-5H3/t12-/m0/s1. The maximum Gasteiger partial charge on any atom is 0.534 e. The lowest BCUT2D eigenvalue weighted by atomic mass is 10.0.